The fraction of sp³-hybridized carbons (Fsp3) is 0.0769. The topological polar surface area (TPSA) is 55.4 Å². The Labute approximate surface area is 143 Å². The van der Waals surface area contributed by atoms with Crippen LogP contribution in [0.4, 0.5) is 18.9 Å². The Morgan fingerprint density at radius 3 is 2.39 bits per heavy atom. The van der Waals surface area contributed by atoms with Crippen molar-refractivity contribution in [1.82, 2.24) is 0 Å². The van der Waals surface area contributed by atoms with Crippen LogP contribution in [0.5, 0.6) is 5.75 Å². The molecule has 4 nitrogen and oxygen atoms in total. The molecule has 0 unspecified atom stereocenters. The standard InChI is InChI=1S/C13H8BrClF3NO3S/c14-8-5-6-10(9(15)7-8)19-23(20,21)12-4-2-1-3-11(12)22-13(16,17)18/h1-7,19H. The highest BCUT2D eigenvalue weighted by Crippen LogP contribution is 2.32. The molecule has 0 aliphatic rings. The highest BCUT2D eigenvalue weighted by Gasteiger charge is 2.34. The Morgan fingerprint density at radius 1 is 1.13 bits per heavy atom. The maximum atomic E-state index is 12.4. The fourth-order valence-corrected chi connectivity index (χ4v) is 3.64. The Balaban J connectivity index is 2.40. The minimum Gasteiger partial charge on any atom is -0.404 e. The summed E-state index contributed by atoms with van der Waals surface area (Å²) in [5, 5.41) is 0.0807. The summed E-state index contributed by atoms with van der Waals surface area (Å²) in [7, 11) is -4.33. The molecule has 2 rings (SSSR count). The first-order valence-corrected chi connectivity index (χ1v) is 8.56. The van der Waals surface area contributed by atoms with Gasteiger partial charge in [-0.15, -0.1) is 13.2 Å². The van der Waals surface area contributed by atoms with Gasteiger partial charge in [-0.1, -0.05) is 39.7 Å². The molecule has 0 spiro atoms. The summed E-state index contributed by atoms with van der Waals surface area (Å²) in [5.41, 5.74) is 0.0247. The molecule has 0 saturated heterocycles. The highest BCUT2D eigenvalue weighted by atomic mass is 79.9. The van der Waals surface area contributed by atoms with Crippen molar-refractivity contribution in [2.45, 2.75) is 11.3 Å². The average molecular weight is 431 g/mol. The third-order valence-corrected chi connectivity index (χ3v) is 4.75. The van der Waals surface area contributed by atoms with Gasteiger partial charge in [-0.25, -0.2) is 8.42 Å². The summed E-state index contributed by atoms with van der Waals surface area (Å²) in [6.07, 6.45) is -5.01. The average Bonchev–Trinajstić information content (AvgIpc) is 2.40. The Morgan fingerprint density at radius 2 is 1.78 bits per heavy atom. The number of alkyl halides is 3. The van der Waals surface area contributed by atoms with Crippen LogP contribution >= 0.6 is 27.5 Å². The van der Waals surface area contributed by atoms with E-state index >= 15 is 0 Å². The number of rotatable bonds is 4. The van der Waals surface area contributed by atoms with Gasteiger partial charge < -0.3 is 4.74 Å². The molecule has 23 heavy (non-hydrogen) atoms. The lowest BCUT2D eigenvalue weighted by Gasteiger charge is -2.15. The summed E-state index contributed by atoms with van der Waals surface area (Å²) < 4.78 is 68.3. The highest BCUT2D eigenvalue weighted by molar-refractivity contribution is 9.10. The number of ether oxygens (including phenoxy) is 1. The third kappa shape index (κ3) is 4.76. The van der Waals surface area contributed by atoms with Crippen LogP contribution in [0.3, 0.4) is 0 Å². The molecule has 0 aromatic heterocycles. The second-order valence-corrected chi connectivity index (χ2v) is 7.20. The van der Waals surface area contributed by atoms with Crippen molar-refractivity contribution >= 4 is 43.2 Å². The van der Waals surface area contributed by atoms with Crippen LogP contribution in [0.2, 0.25) is 5.02 Å². The molecule has 0 amide bonds. The number of sulfonamides is 1. The predicted molar refractivity (Wildman–Crippen MR) is 83.1 cm³/mol. The van der Waals surface area contributed by atoms with E-state index in [0.29, 0.717) is 4.47 Å². The van der Waals surface area contributed by atoms with Crippen LogP contribution in [-0.4, -0.2) is 14.8 Å². The van der Waals surface area contributed by atoms with Crippen molar-refractivity contribution in [1.29, 1.82) is 0 Å². The quantitative estimate of drug-likeness (QED) is 0.758. The molecule has 0 saturated carbocycles. The lowest BCUT2D eigenvalue weighted by molar-refractivity contribution is -0.275. The van der Waals surface area contributed by atoms with Crippen molar-refractivity contribution in [3.63, 3.8) is 0 Å². The largest absolute Gasteiger partial charge is 0.573 e. The minimum absolute atomic E-state index is 0.0247. The number of halogens is 5. The van der Waals surface area contributed by atoms with Crippen LogP contribution in [0, 0.1) is 0 Å². The zero-order chi connectivity index (χ0) is 17.3. The molecular weight excluding hydrogens is 423 g/mol. The summed E-state index contributed by atoms with van der Waals surface area (Å²) in [4.78, 5) is -0.656. The first kappa shape index (κ1) is 17.9. The maximum absolute atomic E-state index is 12.4. The van der Waals surface area contributed by atoms with E-state index in [1.54, 1.807) is 0 Å². The zero-order valence-electron chi connectivity index (χ0n) is 11.1. The minimum atomic E-state index is -5.01. The Kier molecular flexibility index (Phi) is 5.12. The van der Waals surface area contributed by atoms with Crippen molar-refractivity contribution in [2.75, 3.05) is 4.72 Å². The van der Waals surface area contributed by atoms with Crippen LogP contribution in [0.1, 0.15) is 0 Å². The second kappa shape index (κ2) is 6.58. The number of para-hydroxylation sites is 1. The van der Waals surface area contributed by atoms with Gasteiger partial charge in [-0.3, -0.25) is 4.72 Å². The smallest absolute Gasteiger partial charge is 0.404 e. The molecule has 0 radical (unpaired) electrons. The maximum Gasteiger partial charge on any atom is 0.573 e. The normalized spacial score (nSPS) is 12.0. The van der Waals surface area contributed by atoms with E-state index < -0.39 is 27.0 Å². The molecule has 10 heteroatoms. The predicted octanol–water partition coefficient (Wildman–Crippen LogP) is 4.80. The monoisotopic (exact) mass is 429 g/mol. The molecule has 0 heterocycles. The van der Waals surface area contributed by atoms with E-state index in [4.69, 9.17) is 11.6 Å². The van der Waals surface area contributed by atoms with Crippen molar-refractivity contribution < 1.29 is 26.3 Å². The van der Waals surface area contributed by atoms with E-state index in [-0.39, 0.29) is 10.7 Å². The first-order valence-electron chi connectivity index (χ1n) is 5.91. The van der Waals surface area contributed by atoms with Crippen molar-refractivity contribution in [3.8, 4) is 5.75 Å². The molecule has 124 valence electrons. The molecule has 0 bridgehead atoms. The van der Waals surface area contributed by atoms with Gasteiger partial charge in [0.05, 0.1) is 10.7 Å². The van der Waals surface area contributed by atoms with E-state index in [9.17, 15) is 21.6 Å². The first-order chi connectivity index (χ1) is 10.6. The van der Waals surface area contributed by atoms with E-state index in [0.717, 1.165) is 12.1 Å². The number of anilines is 1. The van der Waals surface area contributed by atoms with Gasteiger partial charge in [0, 0.05) is 4.47 Å². The lowest BCUT2D eigenvalue weighted by atomic mass is 10.3. The number of benzene rings is 2. The lowest BCUT2D eigenvalue weighted by Crippen LogP contribution is -2.21. The summed E-state index contributed by atoms with van der Waals surface area (Å²) in [5.74, 6) is -0.833. The fourth-order valence-electron chi connectivity index (χ4n) is 1.65. The molecule has 0 aliphatic carbocycles. The van der Waals surface area contributed by atoms with E-state index in [1.165, 1.54) is 30.3 Å². The summed E-state index contributed by atoms with van der Waals surface area (Å²) in [6.45, 7) is 0. The third-order valence-electron chi connectivity index (χ3n) is 2.54. The van der Waals surface area contributed by atoms with Crippen molar-refractivity contribution in [2.24, 2.45) is 0 Å². The number of nitrogens with one attached hydrogen (secondary N) is 1. The van der Waals surface area contributed by atoms with E-state index in [1.807, 2.05) is 0 Å². The number of hydrogen-bond acceptors (Lipinski definition) is 3. The van der Waals surface area contributed by atoms with Gasteiger partial charge in [0.15, 0.2) is 0 Å². The van der Waals surface area contributed by atoms with Crippen LogP contribution in [-0.2, 0) is 10.0 Å². The summed E-state index contributed by atoms with van der Waals surface area (Å²) in [6, 6.07) is 8.76. The Bertz CT molecular complexity index is 827. The Hall–Kier alpha value is -1.45. The van der Waals surface area contributed by atoms with Crippen LogP contribution < -0.4 is 9.46 Å². The van der Waals surface area contributed by atoms with Crippen LogP contribution in [0.25, 0.3) is 0 Å². The van der Waals surface area contributed by atoms with Gasteiger partial charge in [-0.2, -0.15) is 0 Å². The molecule has 0 atom stereocenters. The van der Waals surface area contributed by atoms with Gasteiger partial charge in [0.2, 0.25) is 0 Å². The summed E-state index contributed by atoms with van der Waals surface area (Å²) >= 11 is 9.06. The molecule has 0 aliphatic heterocycles. The molecule has 0 fully saturated rings. The molecule has 2 aromatic rings. The zero-order valence-corrected chi connectivity index (χ0v) is 14.2. The van der Waals surface area contributed by atoms with Crippen LogP contribution in [0.15, 0.2) is 51.8 Å². The SMILES string of the molecule is O=S(=O)(Nc1ccc(Br)cc1Cl)c1ccccc1OC(F)(F)F. The molecule has 2 aromatic carbocycles. The van der Waals surface area contributed by atoms with Gasteiger partial charge in [-0.05, 0) is 30.3 Å². The van der Waals surface area contributed by atoms with Gasteiger partial charge in [0.1, 0.15) is 10.6 Å². The molecule has 1 N–H and O–H groups in total. The number of hydrogen-bond donors (Lipinski definition) is 1. The van der Waals surface area contributed by atoms with Crippen molar-refractivity contribution in [3.05, 3.63) is 52.0 Å². The second-order valence-electron chi connectivity index (χ2n) is 4.22. The van der Waals surface area contributed by atoms with Gasteiger partial charge in [0.25, 0.3) is 10.0 Å². The molecular formula is C13H8BrClF3NO3S. The van der Waals surface area contributed by atoms with Gasteiger partial charge >= 0.3 is 6.36 Å². The van der Waals surface area contributed by atoms with E-state index in [2.05, 4.69) is 25.4 Å².